The number of nitrogens with one attached hydrogen (secondary N) is 1. The number of benzene rings is 2. The molecule has 4 rings (SSSR count). The van der Waals surface area contributed by atoms with Crippen LogP contribution in [-0.2, 0) is 16.0 Å². The smallest absolute Gasteiger partial charge is 0.228 e. The van der Waals surface area contributed by atoms with Gasteiger partial charge in [-0.2, -0.15) is 0 Å². The molecule has 0 saturated heterocycles. The third kappa shape index (κ3) is 4.45. The number of carbonyl (C=O) groups excluding carboxylic acids is 2. The number of nitrogens with zero attached hydrogens (tertiary/aromatic N) is 2. The Morgan fingerprint density at radius 3 is 2.69 bits per heavy atom. The molecule has 2 amide bonds. The van der Waals surface area contributed by atoms with Gasteiger partial charge in [0.15, 0.2) is 16.6 Å². The summed E-state index contributed by atoms with van der Waals surface area (Å²) in [7, 11) is 3.17. The Bertz CT molecular complexity index is 1140. The van der Waals surface area contributed by atoms with Crippen molar-refractivity contribution in [2.75, 3.05) is 26.1 Å². The number of fused-ring (bicyclic) bond motifs is 1. The average Bonchev–Trinajstić information content (AvgIpc) is 3.26. The first-order chi connectivity index (χ1) is 15.5. The normalized spacial score (nSPS) is 15.1. The lowest BCUT2D eigenvalue weighted by atomic mass is 9.90. The summed E-state index contributed by atoms with van der Waals surface area (Å²) in [5.74, 6) is 1.06. The molecule has 1 N–H and O–H groups in total. The van der Waals surface area contributed by atoms with Crippen LogP contribution in [0.1, 0.15) is 30.5 Å². The molecule has 0 saturated carbocycles. The average molecular weight is 452 g/mol. The number of thiazole rings is 1. The van der Waals surface area contributed by atoms with Crippen LogP contribution < -0.4 is 14.8 Å². The van der Waals surface area contributed by atoms with Crippen molar-refractivity contribution in [3.63, 3.8) is 0 Å². The number of aromatic nitrogens is 1. The molecule has 1 unspecified atom stereocenters. The van der Waals surface area contributed by atoms with E-state index in [-0.39, 0.29) is 24.3 Å². The zero-order chi connectivity index (χ0) is 22.7. The van der Waals surface area contributed by atoms with E-state index in [2.05, 4.69) is 16.4 Å². The molecule has 1 aliphatic heterocycles. The maximum Gasteiger partial charge on any atom is 0.228 e. The van der Waals surface area contributed by atoms with Crippen LogP contribution >= 0.6 is 11.3 Å². The highest BCUT2D eigenvalue weighted by molar-refractivity contribution is 7.14. The molecule has 7 nitrogen and oxygen atoms in total. The Morgan fingerprint density at radius 2 is 1.94 bits per heavy atom. The van der Waals surface area contributed by atoms with Crippen molar-refractivity contribution in [1.82, 2.24) is 9.88 Å². The molecule has 0 bridgehead atoms. The zero-order valence-electron chi connectivity index (χ0n) is 18.3. The van der Waals surface area contributed by atoms with Crippen molar-refractivity contribution in [3.8, 4) is 22.8 Å². The van der Waals surface area contributed by atoms with E-state index in [0.717, 1.165) is 23.2 Å². The number of carbonyl (C=O) groups is 2. The number of amides is 2. The second-order valence-corrected chi connectivity index (χ2v) is 8.40. The molecule has 1 aliphatic rings. The Morgan fingerprint density at radius 1 is 1.16 bits per heavy atom. The van der Waals surface area contributed by atoms with Gasteiger partial charge in [0.05, 0.1) is 32.4 Å². The number of hydrogen-bond donors (Lipinski definition) is 1. The van der Waals surface area contributed by atoms with Gasteiger partial charge in [-0.3, -0.25) is 9.59 Å². The van der Waals surface area contributed by atoms with Gasteiger partial charge in [-0.15, -0.1) is 11.3 Å². The minimum Gasteiger partial charge on any atom is -0.493 e. The van der Waals surface area contributed by atoms with E-state index in [0.29, 0.717) is 23.2 Å². The minimum absolute atomic E-state index is 0.0257. The molecule has 0 aliphatic carbocycles. The second-order valence-electron chi connectivity index (χ2n) is 7.54. The largest absolute Gasteiger partial charge is 0.493 e. The van der Waals surface area contributed by atoms with Gasteiger partial charge in [-0.1, -0.05) is 24.3 Å². The molecule has 2 heterocycles. The van der Waals surface area contributed by atoms with Crippen LogP contribution in [0.2, 0.25) is 0 Å². The van der Waals surface area contributed by atoms with E-state index in [1.807, 2.05) is 41.8 Å². The van der Waals surface area contributed by atoms with E-state index in [1.165, 1.54) is 16.9 Å². The van der Waals surface area contributed by atoms with Crippen LogP contribution in [0.3, 0.4) is 0 Å². The van der Waals surface area contributed by atoms with E-state index < -0.39 is 0 Å². The van der Waals surface area contributed by atoms with Crippen LogP contribution in [0.25, 0.3) is 11.3 Å². The fourth-order valence-electron chi connectivity index (χ4n) is 4.05. The van der Waals surface area contributed by atoms with Crippen molar-refractivity contribution in [3.05, 3.63) is 59.0 Å². The molecular formula is C24H25N3O4S. The lowest BCUT2D eigenvalue weighted by molar-refractivity contribution is -0.132. The molecule has 166 valence electrons. The Balaban J connectivity index is 1.49. The van der Waals surface area contributed by atoms with Gasteiger partial charge >= 0.3 is 0 Å². The highest BCUT2D eigenvalue weighted by Gasteiger charge is 2.30. The van der Waals surface area contributed by atoms with E-state index >= 15 is 0 Å². The third-order valence-corrected chi connectivity index (χ3v) is 6.38. The van der Waals surface area contributed by atoms with Crippen LogP contribution in [0.5, 0.6) is 11.5 Å². The number of ether oxygens (including phenoxy) is 2. The zero-order valence-corrected chi connectivity index (χ0v) is 19.1. The molecule has 0 radical (unpaired) electrons. The summed E-state index contributed by atoms with van der Waals surface area (Å²) in [5, 5.41) is 5.29. The van der Waals surface area contributed by atoms with Crippen molar-refractivity contribution < 1.29 is 19.1 Å². The lowest BCUT2D eigenvalue weighted by Crippen LogP contribution is -2.40. The van der Waals surface area contributed by atoms with Gasteiger partial charge in [0.2, 0.25) is 11.8 Å². The molecule has 1 atom stereocenters. The van der Waals surface area contributed by atoms with E-state index in [1.54, 1.807) is 26.0 Å². The SMILES string of the molecule is COc1ccc(-c2csc(NC(=O)CC3c4ccccc4CCN3C(C)=O)n2)cc1OC. The maximum atomic E-state index is 12.9. The Hall–Kier alpha value is -3.39. The summed E-state index contributed by atoms with van der Waals surface area (Å²) in [4.78, 5) is 31.4. The third-order valence-electron chi connectivity index (χ3n) is 5.63. The van der Waals surface area contributed by atoms with Gasteiger partial charge in [0.1, 0.15) is 0 Å². The summed E-state index contributed by atoms with van der Waals surface area (Å²) in [6, 6.07) is 13.3. The first-order valence-electron chi connectivity index (χ1n) is 10.3. The van der Waals surface area contributed by atoms with Crippen LogP contribution in [0.15, 0.2) is 47.8 Å². The number of hydrogen-bond acceptors (Lipinski definition) is 6. The number of rotatable bonds is 6. The van der Waals surface area contributed by atoms with Crippen LogP contribution in [0.4, 0.5) is 5.13 Å². The molecule has 32 heavy (non-hydrogen) atoms. The predicted octanol–water partition coefficient (Wildman–Crippen LogP) is 4.30. The monoisotopic (exact) mass is 451 g/mol. The summed E-state index contributed by atoms with van der Waals surface area (Å²) in [6.07, 6.45) is 0.983. The lowest BCUT2D eigenvalue weighted by Gasteiger charge is -2.36. The highest BCUT2D eigenvalue weighted by Crippen LogP contribution is 2.35. The molecule has 2 aromatic carbocycles. The van der Waals surface area contributed by atoms with Crippen molar-refractivity contribution in [2.24, 2.45) is 0 Å². The quantitative estimate of drug-likeness (QED) is 0.604. The predicted molar refractivity (Wildman–Crippen MR) is 124 cm³/mol. The van der Waals surface area contributed by atoms with Gasteiger partial charge in [-0.25, -0.2) is 4.98 Å². The summed E-state index contributed by atoms with van der Waals surface area (Å²) >= 11 is 1.36. The summed E-state index contributed by atoms with van der Waals surface area (Å²) in [6.45, 7) is 2.17. The van der Waals surface area contributed by atoms with Crippen molar-refractivity contribution in [1.29, 1.82) is 0 Å². The van der Waals surface area contributed by atoms with Gasteiger partial charge in [0.25, 0.3) is 0 Å². The van der Waals surface area contributed by atoms with Crippen molar-refractivity contribution in [2.45, 2.75) is 25.8 Å². The first kappa shape index (κ1) is 21.8. The van der Waals surface area contributed by atoms with Crippen LogP contribution in [-0.4, -0.2) is 42.5 Å². The summed E-state index contributed by atoms with van der Waals surface area (Å²) in [5.41, 5.74) is 3.82. The first-order valence-corrected chi connectivity index (χ1v) is 11.2. The number of methoxy groups -OCH3 is 2. The molecule has 8 heteroatoms. The van der Waals surface area contributed by atoms with Gasteiger partial charge < -0.3 is 19.7 Å². The molecule has 0 fully saturated rings. The summed E-state index contributed by atoms with van der Waals surface area (Å²) < 4.78 is 10.6. The topological polar surface area (TPSA) is 80.8 Å². The molecule has 1 aromatic heterocycles. The minimum atomic E-state index is -0.275. The maximum absolute atomic E-state index is 12.9. The van der Waals surface area contributed by atoms with E-state index in [9.17, 15) is 9.59 Å². The number of anilines is 1. The molecular weight excluding hydrogens is 426 g/mol. The Kier molecular flexibility index (Phi) is 6.41. The fourth-order valence-corrected chi connectivity index (χ4v) is 4.79. The van der Waals surface area contributed by atoms with Gasteiger partial charge in [0, 0.05) is 24.4 Å². The fraction of sp³-hybridized carbons (Fsp3) is 0.292. The van der Waals surface area contributed by atoms with E-state index in [4.69, 9.17) is 9.47 Å². The second kappa shape index (κ2) is 9.40. The Labute approximate surface area is 191 Å². The van der Waals surface area contributed by atoms with Crippen molar-refractivity contribution >= 4 is 28.3 Å². The highest BCUT2D eigenvalue weighted by atomic mass is 32.1. The van der Waals surface area contributed by atoms with Crippen LogP contribution in [0, 0.1) is 0 Å². The van der Waals surface area contributed by atoms with Gasteiger partial charge in [-0.05, 0) is 35.7 Å². The molecule has 3 aromatic rings. The standard InChI is InChI=1S/C24H25N3O4S/c1-15(28)27-11-10-16-6-4-5-7-18(16)20(27)13-23(29)26-24-25-19(14-32-24)17-8-9-21(30-2)22(12-17)31-3/h4-9,12,14,20H,10-11,13H2,1-3H3,(H,25,26,29). The molecule has 0 spiro atoms.